The van der Waals surface area contributed by atoms with Gasteiger partial charge in [0.25, 0.3) is 0 Å². The van der Waals surface area contributed by atoms with Gasteiger partial charge in [0.1, 0.15) is 18.0 Å². The summed E-state index contributed by atoms with van der Waals surface area (Å²) >= 11 is 3.36. The number of halogens is 4. The van der Waals surface area contributed by atoms with Gasteiger partial charge in [0.15, 0.2) is 0 Å². The Morgan fingerprint density at radius 2 is 1.93 bits per heavy atom. The highest BCUT2D eigenvalue weighted by Crippen LogP contribution is 2.32. The third kappa shape index (κ3) is 6.39. The number of imidazole rings is 1. The zero-order valence-electron chi connectivity index (χ0n) is 16.5. The zero-order valence-corrected chi connectivity index (χ0v) is 18.1. The Kier molecular flexibility index (Phi) is 6.68. The van der Waals surface area contributed by atoms with Crippen LogP contribution in [0.2, 0.25) is 0 Å². The molecule has 9 heteroatoms. The standard InChI is InChI=1S/C19H25BrF3N3O2/c1-11(2)8-15(16-24-13-7-6-12(20)9-14(13)25-16)26(10-19(21,22)23)17(27)28-18(3,4)5/h6-7,9,11,15H,8,10H2,1-5H3,(H,24,25)/t15-/m1/s1. The number of benzene rings is 1. The smallest absolute Gasteiger partial charge is 0.411 e. The van der Waals surface area contributed by atoms with E-state index in [-0.39, 0.29) is 5.92 Å². The summed E-state index contributed by atoms with van der Waals surface area (Å²) in [6.45, 7) is 7.20. The van der Waals surface area contributed by atoms with Crippen LogP contribution in [0.25, 0.3) is 11.0 Å². The summed E-state index contributed by atoms with van der Waals surface area (Å²) in [4.78, 5) is 20.9. The number of carbonyl (C=O) groups is 1. The summed E-state index contributed by atoms with van der Waals surface area (Å²) < 4.78 is 45.9. The molecular weight excluding hydrogens is 439 g/mol. The van der Waals surface area contributed by atoms with E-state index in [9.17, 15) is 18.0 Å². The molecule has 0 saturated heterocycles. The molecule has 0 aliphatic rings. The van der Waals surface area contributed by atoms with Crippen molar-refractivity contribution in [1.29, 1.82) is 0 Å². The van der Waals surface area contributed by atoms with E-state index in [1.165, 1.54) is 0 Å². The maximum Gasteiger partial charge on any atom is 0.411 e. The zero-order chi connectivity index (χ0) is 21.3. The first kappa shape index (κ1) is 22.5. The Balaban J connectivity index is 2.50. The largest absolute Gasteiger partial charge is 0.444 e. The third-order valence-electron chi connectivity index (χ3n) is 3.83. The second-order valence-electron chi connectivity index (χ2n) is 8.15. The van der Waals surface area contributed by atoms with Crippen molar-refractivity contribution in [3.8, 4) is 0 Å². The molecule has 1 aromatic carbocycles. The highest BCUT2D eigenvalue weighted by Gasteiger charge is 2.40. The van der Waals surface area contributed by atoms with E-state index < -0.39 is 30.5 Å². The van der Waals surface area contributed by atoms with Gasteiger partial charge in [-0.15, -0.1) is 0 Å². The van der Waals surface area contributed by atoms with Crippen molar-refractivity contribution < 1.29 is 22.7 Å². The number of aromatic amines is 1. The number of nitrogens with one attached hydrogen (secondary N) is 1. The van der Waals surface area contributed by atoms with Crippen LogP contribution >= 0.6 is 15.9 Å². The normalized spacial score (nSPS) is 13.8. The Morgan fingerprint density at radius 3 is 2.46 bits per heavy atom. The molecule has 0 saturated carbocycles. The van der Waals surface area contributed by atoms with Gasteiger partial charge in [-0.2, -0.15) is 13.2 Å². The van der Waals surface area contributed by atoms with E-state index in [1.54, 1.807) is 39.0 Å². The topological polar surface area (TPSA) is 58.2 Å². The van der Waals surface area contributed by atoms with Crippen molar-refractivity contribution in [3.05, 3.63) is 28.5 Å². The Morgan fingerprint density at radius 1 is 1.29 bits per heavy atom. The first-order valence-electron chi connectivity index (χ1n) is 8.97. The lowest BCUT2D eigenvalue weighted by Gasteiger charge is -2.34. The van der Waals surface area contributed by atoms with Gasteiger partial charge in [-0.1, -0.05) is 29.8 Å². The van der Waals surface area contributed by atoms with Gasteiger partial charge < -0.3 is 9.72 Å². The number of alkyl halides is 3. The van der Waals surface area contributed by atoms with Gasteiger partial charge in [0, 0.05) is 4.47 Å². The minimum atomic E-state index is -4.57. The second-order valence-corrected chi connectivity index (χ2v) is 9.07. The number of carbonyl (C=O) groups excluding carboxylic acids is 1. The fourth-order valence-corrected chi connectivity index (χ4v) is 3.17. The maximum absolute atomic E-state index is 13.3. The van der Waals surface area contributed by atoms with Crippen molar-refractivity contribution in [2.24, 2.45) is 5.92 Å². The molecule has 156 valence electrons. The molecule has 1 heterocycles. The summed E-state index contributed by atoms with van der Waals surface area (Å²) in [6.07, 6.45) is -5.28. The van der Waals surface area contributed by atoms with Crippen molar-refractivity contribution in [3.63, 3.8) is 0 Å². The monoisotopic (exact) mass is 463 g/mol. The third-order valence-corrected chi connectivity index (χ3v) is 4.32. The number of hydrogen-bond donors (Lipinski definition) is 1. The van der Waals surface area contributed by atoms with E-state index in [1.807, 2.05) is 13.8 Å². The molecule has 2 rings (SSSR count). The van der Waals surface area contributed by atoms with E-state index in [0.717, 1.165) is 9.37 Å². The lowest BCUT2D eigenvalue weighted by Crippen LogP contribution is -2.44. The van der Waals surface area contributed by atoms with Crippen LogP contribution in [0.15, 0.2) is 22.7 Å². The number of aromatic nitrogens is 2. The van der Waals surface area contributed by atoms with Crippen LogP contribution in [-0.4, -0.2) is 39.3 Å². The van der Waals surface area contributed by atoms with Crippen LogP contribution < -0.4 is 0 Å². The second kappa shape index (κ2) is 8.31. The molecule has 2 aromatic rings. The Hall–Kier alpha value is -1.77. The molecule has 1 amide bonds. The summed E-state index contributed by atoms with van der Waals surface area (Å²) in [5.41, 5.74) is 0.375. The van der Waals surface area contributed by atoms with Crippen LogP contribution in [-0.2, 0) is 4.74 Å². The first-order valence-corrected chi connectivity index (χ1v) is 9.76. The predicted molar refractivity (Wildman–Crippen MR) is 105 cm³/mol. The summed E-state index contributed by atoms with van der Waals surface area (Å²) in [5, 5.41) is 0. The number of nitrogens with zero attached hydrogens (tertiary/aromatic N) is 2. The lowest BCUT2D eigenvalue weighted by atomic mass is 10.0. The highest BCUT2D eigenvalue weighted by atomic mass is 79.9. The number of ether oxygens (including phenoxy) is 1. The van der Waals surface area contributed by atoms with Gasteiger partial charge in [0.05, 0.1) is 17.1 Å². The fraction of sp³-hybridized carbons (Fsp3) is 0.579. The first-order chi connectivity index (χ1) is 12.7. The van der Waals surface area contributed by atoms with Crippen molar-refractivity contribution in [1.82, 2.24) is 14.9 Å². The Bertz CT molecular complexity index is 828. The van der Waals surface area contributed by atoms with Crippen LogP contribution in [0.4, 0.5) is 18.0 Å². The molecule has 28 heavy (non-hydrogen) atoms. The Labute approximate surface area is 170 Å². The fourth-order valence-electron chi connectivity index (χ4n) is 2.81. The van der Waals surface area contributed by atoms with E-state index in [2.05, 4.69) is 25.9 Å². The van der Waals surface area contributed by atoms with Gasteiger partial charge in [-0.3, -0.25) is 4.90 Å². The molecule has 1 N–H and O–H groups in total. The van der Waals surface area contributed by atoms with Crippen molar-refractivity contribution >= 4 is 33.1 Å². The molecule has 0 aliphatic heterocycles. The van der Waals surface area contributed by atoms with E-state index in [0.29, 0.717) is 23.3 Å². The quantitative estimate of drug-likeness (QED) is 0.572. The maximum atomic E-state index is 13.3. The molecule has 0 unspecified atom stereocenters. The number of H-pyrrole nitrogens is 1. The number of amides is 1. The molecule has 1 aromatic heterocycles. The molecule has 5 nitrogen and oxygen atoms in total. The van der Waals surface area contributed by atoms with E-state index >= 15 is 0 Å². The van der Waals surface area contributed by atoms with E-state index in [4.69, 9.17) is 4.74 Å². The predicted octanol–water partition coefficient (Wildman–Crippen LogP) is 6.21. The summed E-state index contributed by atoms with van der Waals surface area (Å²) in [7, 11) is 0. The lowest BCUT2D eigenvalue weighted by molar-refractivity contribution is -0.150. The molecular formula is C19H25BrF3N3O2. The minimum absolute atomic E-state index is 0.0307. The van der Waals surface area contributed by atoms with Gasteiger partial charge in [0.2, 0.25) is 0 Å². The molecule has 0 bridgehead atoms. The van der Waals surface area contributed by atoms with Crippen LogP contribution in [0, 0.1) is 5.92 Å². The SMILES string of the molecule is CC(C)C[C@H](c1nc2ccc(Br)cc2[nH]1)N(CC(F)(F)F)C(=O)OC(C)(C)C. The highest BCUT2D eigenvalue weighted by molar-refractivity contribution is 9.10. The average molecular weight is 464 g/mol. The van der Waals surface area contributed by atoms with Gasteiger partial charge in [-0.05, 0) is 51.3 Å². The van der Waals surface area contributed by atoms with Crippen LogP contribution in [0.1, 0.15) is 52.9 Å². The molecule has 0 aliphatic carbocycles. The van der Waals surface area contributed by atoms with Gasteiger partial charge in [-0.25, -0.2) is 9.78 Å². The number of hydrogen-bond acceptors (Lipinski definition) is 3. The minimum Gasteiger partial charge on any atom is -0.444 e. The van der Waals surface area contributed by atoms with Gasteiger partial charge >= 0.3 is 12.3 Å². The molecule has 1 atom stereocenters. The summed E-state index contributed by atoms with van der Waals surface area (Å²) in [6, 6.07) is 4.45. The number of rotatable bonds is 5. The van der Waals surface area contributed by atoms with Crippen LogP contribution in [0.3, 0.4) is 0 Å². The van der Waals surface area contributed by atoms with Crippen molar-refractivity contribution in [2.75, 3.05) is 6.54 Å². The average Bonchev–Trinajstić information content (AvgIpc) is 2.90. The number of fused-ring (bicyclic) bond motifs is 1. The summed E-state index contributed by atoms with van der Waals surface area (Å²) in [5.74, 6) is 0.333. The van der Waals surface area contributed by atoms with Crippen molar-refractivity contribution in [2.45, 2.75) is 58.9 Å². The molecule has 0 fully saturated rings. The molecule has 0 radical (unpaired) electrons. The van der Waals surface area contributed by atoms with Crippen LogP contribution in [0.5, 0.6) is 0 Å². The molecule has 0 spiro atoms.